The van der Waals surface area contributed by atoms with Crippen molar-refractivity contribution in [2.45, 2.75) is 75.9 Å². The first-order chi connectivity index (χ1) is 28.8. The molecule has 9 nitrogen and oxygen atoms in total. The molecule has 2 N–H and O–H groups in total. The number of carbonyl (C=O) groups is 1. The second-order valence-electron chi connectivity index (χ2n) is 14.3. The highest BCUT2D eigenvalue weighted by Crippen LogP contribution is 2.50. The number of methoxy groups -OCH3 is 4. The molecule has 314 valence electrons. The largest absolute Gasteiger partial charge is 0.497 e. The summed E-state index contributed by atoms with van der Waals surface area (Å²) < 4.78 is 45.7. The molecule has 4 aromatic rings. The lowest BCUT2D eigenvalue weighted by Crippen LogP contribution is -2.42. The number of thiol groups is 1. The van der Waals surface area contributed by atoms with Crippen LogP contribution in [0, 0.1) is 12.3 Å². The summed E-state index contributed by atoms with van der Waals surface area (Å²) in [6, 6.07) is 27.3. The lowest BCUT2D eigenvalue weighted by Gasteiger charge is -2.43. The first-order valence-corrected chi connectivity index (χ1v) is 20.0. The Balaban J connectivity index is 0.000000337. The highest BCUT2D eigenvalue weighted by molar-refractivity contribution is 8.06. The van der Waals surface area contributed by atoms with Gasteiger partial charge in [0.2, 0.25) is 1.43 Å². The average Bonchev–Trinajstić information content (AvgIpc) is 3.27. The van der Waals surface area contributed by atoms with Crippen LogP contribution in [0.3, 0.4) is 0 Å². The van der Waals surface area contributed by atoms with Crippen molar-refractivity contribution in [3.05, 3.63) is 107 Å². The van der Waals surface area contributed by atoms with Crippen LogP contribution in [0.25, 0.3) is 0 Å². The fourth-order valence-electron chi connectivity index (χ4n) is 6.96. The molecule has 0 aliphatic carbocycles. The average molecular weight is 818 g/mol. The molecule has 4 aromatic carbocycles. The van der Waals surface area contributed by atoms with Crippen LogP contribution in [0.2, 0.25) is 6.82 Å². The molecule has 3 unspecified atom stereocenters. The van der Waals surface area contributed by atoms with Crippen molar-refractivity contribution < 1.29 is 44.9 Å². The predicted octanol–water partition coefficient (Wildman–Crippen LogP) is 8.88. The van der Waals surface area contributed by atoms with E-state index in [1.807, 2.05) is 55.5 Å². The number of carbonyl (C=O) groups excluding carboxylic acids is 1. The normalized spacial score (nSPS) is 19.0. The summed E-state index contributed by atoms with van der Waals surface area (Å²) in [5, 5.41) is 13.1. The standard InChI is InChI=1S/C23H30O4.C18H18O4.C5H8O.CH5BS.H2/c1-23(17-8-10-18(25-2)11-9-17)16-27-22-15-19(26-3)12-13-20(22)21(23)7-5-4-6-14-24;1-18(12-4-6-13(20-2)7-5-12)11-22-16-10-14(21-3)8-9-15(16)17(18)19;1-2-3-4-5-6;1-2-3;/h8-13,15,21,24H,4-7,14,16H2,1-3H3;4-10H,11H2,1-3H3;1,6H,3-5H2;2-3H,1H3;1H/i;;6T;2D;. The van der Waals surface area contributed by atoms with Gasteiger partial charge in [0.1, 0.15) is 41.1 Å². The molecule has 0 radical (unpaired) electrons. The number of Topliss-reactive ketones (excluding diaryl/α,β-unsaturated/α-hetero) is 1. The van der Waals surface area contributed by atoms with Crippen molar-refractivity contribution in [2.24, 2.45) is 0 Å². The highest BCUT2D eigenvalue weighted by Gasteiger charge is 2.43. The van der Waals surface area contributed by atoms with Crippen LogP contribution in [0.5, 0.6) is 34.5 Å². The molecule has 58 heavy (non-hydrogen) atoms. The summed E-state index contributed by atoms with van der Waals surface area (Å²) in [4.78, 5) is 12.9. The summed E-state index contributed by atoms with van der Waals surface area (Å²) in [6.45, 7) is 7.32. The number of rotatable bonds is 14. The van der Waals surface area contributed by atoms with Gasteiger partial charge in [-0.15, -0.1) is 12.3 Å². The Labute approximate surface area is 356 Å². The molecule has 11 heteroatoms. The van der Waals surface area contributed by atoms with Gasteiger partial charge < -0.3 is 38.6 Å². The van der Waals surface area contributed by atoms with Crippen molar-refractivity contribution in [1.29, 1.82) is 2.77 Å². The SMILES string of the molecule is COc1ccc(C2(C)COc3cc(OC)ccc3C2=O)cc1.COc1ccc(C2(C)COc3cc(OC)ccc3C2CCCCCO)cc1.[2H]B(C)S.[3H]OCCCC#C.[HH]. The van der Waals surface area contributed by atoms with E-state index in [1.165, 1.54) is 11.1 Å². The third kappa shape index (κ3) is 12.4. The van der Waals surface area contributed by atoms with Crippen LogP contribution in [0.1, 0.15) is 86.8 Å². The van der Waals surface area contributed by atoms with Gasteiger partial charge in [0, 0.05) is 44.5 Å². The van der Waals surface area contributed by atoms with E-state index in [9.17, 15) is 4.79 Å². The maximum Gasteiger partial charge on any atom is 0.210 e. The van der Waals surface area contributed by atoms with Crippen LogP contribution in [-0.4, -0.2) is 80.2 Å². The summed E-state index contributed by atoms with van der Waals surface area (Å²) in [5.74, 6) is 7.48. The summed E-state index contributed by atoms with van der Waals surface area (Å²) in [5.41, 5.74) is 3.19. The van der Waals surface area contributed by atoms with E-state index < -0.39 is 5.41 Å². The first-order valence-electron chi connectivity index (χ1n) is 20.5. The summed E-state index contributed by atoms with van der Waals surface area (Å²) in [7, 11) is 6.58. The lowest BCUT2D eigenvalue weighted by molar-refractivity contribution is 0.0791. The predicted molar refractivity (Wildman–Crippen MR) is 240 cm³/mol. The molecule has 3 atom stereocenters. The van der Waals surface area contributed by atoms with Crippen LogP contribution in [0.4, 0.5) is 0 Å². The first kappa shape index (κ1) is 44.3. The van der Waals surface area contributed by atoms with E-state index in [-0.39, 0.29) is 25.8 Å². The minimum absolute atomic E-state index is 0. The third-order valence-electron chi connectivity index (χ3n) is 10.4. The van der Waals surface area contributed by atoms with Gasteiger partial charge in [-0.2, -0.15) is 0 Å². The van der Waals surface area contributed by atoms with E-state index in [2.05, 4.69) is 48.6 Å². The van der Waals surface area contributed by atoms with E-state index in [0.29, 0.717) is 49.2 Å². The Kier molecular flexibility index (Phi) is 18.5. The van der Waals surface area contributed by atoms with Crippen molar-refractivity contribution >= 4 is 24.8 Å². The number of benzene rings is 4. The van der Waals surface area contributed by atoms with Crippen LogP contribution in [-0.2, 0) is 10.8 Å². The van der Waals surface area contributed by atoms with Gasteiger partial charge in [0.25, 0.3) is 0 Å². The van der Waals surface area contributed by atoms with Gasteiger partial charge >= 0.3 is 0 Å². The number of terminal acetylenes is 1. The van der Waals surface area contributed by atoms with Gasteiger partial charge in [-0.05, 0) is 86.7 Å². The monoisotopic (exact) mass is 817 g/mol. The number of ether oxygens (including phenoxy) is 6. The number of unbranched alkanes of at least 4 members (excludes halogenated alkanes) is 3. The molecule has 0 bridgehead atoms. The Hall–Kier alpha value is -4.76. The van der Waals surface area contributed by atoms with Gasteiger partial charge in [-0.3, -0.25) is 4.79 Å². The molecular formula is C47H63BO9S. The zero-order chi connectivity index (χ0) is 44.1. The lowest BCUT2D eigenvalue weighted by atomic mass is 9.66. The number of aliphatic hydroxyl groups is 2. The molecule has 0 saturated carbocycles. The quantitative estimate of drug-likeness (QED) is 0.0497. The molecule has 6 rings (SSSR count). The topological polar surface area (TPSA) is 113 Å². The molecule has 2 aliphatic heterocycles. The molecule has 0 saturated heterocycles. The third-order valence-corrected chi connectivity index (χ3v) is 10.4. The van der Waals surface area contributed by atoms with E-state index in [0.717, 1.165) is 60.7 Å². The number of ketones is 1. The number of fused-ring (bicyclic) bond motifs is 2. The molecule has 0 amide bonds. The fourth-order valence-corrected chi connectivity index (χ4v) is 6.96. The second-order valence-corrected chi connectivity index (χ2v) is 14.8. The van der Waals surface area contributed by atoms with Crippen LogP contribution < -0.4 is 28.4 Å². The number of hydrogen-bond acceptors (Lipinski definition) is 10. The Morgan fingerprint density at radius 1 is 0.828 bits per heavy atom. The maximum atomic E-state index is 12.9. The fraction of sp³-hybridized carbons (Fsp3) is 0.426. The molecule has 0 spiro atoms. The summed E-state index contributed by atoms with van der Waals surface area (Å²) >= 11 is 3.63. The van der Waals surface area contributed by atoms with Crippen LogP contribution >= 0.6 is 12.5 Å². The minimum atomic E-state index is -0.701. The Morgan fingerprint density at radius 3 is 1.91 bits per heavy atom. The van der Waals surface area contributed by atoms with E-state index >= 15 is 0 Å². The number of hydrogen-bond donors (Lipinski definition) is 3. The van der Waals surface area contributed by atoms with Gasteiger partial charge in [0.05, 0.1) is 46.0 Å². The molecule has 2 aliphatic rings. The molecule has 2 heterocycles. The Bertz CT molecular complexity index is 1940. The second kappa shape index (κ2) is 24.2. The zero-order valence-corrected chi connectivity index (χ0v) is 35.9. The van der Waals surface area contributed by atoms with E-state index in [4.69, 9.17) is 42.7 Å². The van der Waals surface area contributed by atoms with Gasteiger partial charge in [-0.1, -0.05) is 56.9 Å². The zero-order valence-electron chi connectivity index (χ0n) is 37.0. The number of aliphatic hydroxyl groups excluding tert-OH is 2. The van der Waals surface area contributed by atoms with Gasteiger partial charge in [0.15, 0.2) is 12.3 Å². The van der Waals surface area contributed by atoms with Gasteiger partial charge in [-0.25, -0.2) is 12.5 Å². The van der Waals surface area contributed by atoms with Crippen molar-refractivity contribution in [3.8, 4) is 46.8 Å². The smallest absolute Gasteiger partial charge is 0.210 e. The van der Waals surface area contributed by atoms with Crippen molar-refractivity contribution in [3.63, 3.8) is 0 Å². The van der Waals surface area contributed by atoms with Crippen molar-refractivity contribution in [2.75, 3.05) is 54.9 Å². The highest BCUT2D eigenvalue weighted by atomic mass is 32.1. The molecule has 0 fully saturated rings. The van der Waals surface area contributed by atoms with Crippen LogP contribution in [0.15, 0.2) is 84.9 Å². The molecule has 0 aromatic heterocycles. The Morgan fingerprint density at radius 2 is 1.36 bits per heavy atom. The molecular weight excluding hydrogens is 751 g/mol. The summed E-state index contributed by atoms with van der Waals surface area (Å²) in [6.07, 6.45) is 10.4. The maximum absolute atomic E-state index is 12.9. The van der Waals surface area contributed by atoms with E-state index in [1.54, 1.807) is 53.5 Å². The van der Waals surface area contributed by atoms with Crippen molar-refractivity contribution in [1.82, 2.24) is 0 Å². The minimum Gasteiger partial charge on any atom is -0.497 e.